The van der Waals surface area contributed by atoms with Gasteiger partial charge in [-0.3, -0.25) is 0 Å². The maximum absolute atomic E-state index is 12.2. The van der Waals surface area contributed by atoms with Crippen molar-refractivity contribution in [1.29, 1.82) is 0 Å². The van der Waals surface area contributed by atoms with Gasteiger partial charge >= 0.3 is 0 Å². The van der Waals surface area contributed by atoms with Gasteiger partial charge in [-0.1, -0.05) is 12.8 Å². The monoisotopic (exact) mass is 318 g/mol. The molecule has 0 saturated heterocycles. The molecule has 1 aliphatic rings. The fourth-order valence-electron chi connectivity index (χ4n) is 2.05. The van der Waals surface area contributed by atoms with Crippen LogP contribution in [0.4, 0.5) is 5.69 Å². The highest BCUT2D eigenvalue weighted by molar-refractivity contribution is 9.10. The zero-order valence-corrected chi connectivity index (χ0v) is 11.7. The minimum absolute atomic E-state index is 0.0633. The largest absolute Gasteiger partial charge is 0.399 e. The predicted octanol–water partition coefficient (Wildman–Crippen LogP) is 2.25. The average molecular weight is 319 g/mol. The van der Waals surface area contributed by atoms with E-state index in [0.29, 0.717) is 10.2 Å². The summed E-state index contributed by atoms with van der Waals surface area (Å²) >= 11 is 3.24. The van der Waals surface area contributed by atoms with Crippen LogP contribution in [0.3, 0.4) is 0 Å². The van der Waals surface area contributed by atoms with Crippen LogP contribution in [0, 0.1) is 0 Å². The standard InChI is InChI=1S/C11H15BrN2O2S/c12-10-6-5-8(13)7-11(10)17(15,16)14-9-3-1-2-4-9/h5-7,9,14H,1-4,13H2. The summed E-state index contributed by atoms with van der Waals surface area (Å²) in [5, 5.41) is 0. The molecule has 2 rings (SSSR count). The lowest BCUT2D eigenvalue weighted by Crippen LogP contribution is -2.32. The maximum Gasteiger partial charge on any atom is 0.242 e. The molecule has 0 spiro atoms. The lowest BCUT2D eigenvalue weighted by molar-refractivity contribution is 0.552. The number of nitrogens with two attached hydrogens (primary N) is 1. The number of anilines is 1. The van der Waals surface area contributed by atoms with Crippen molar-refractivity contribution < 1.29 is 8.42 Å². The van der Waals surface area contributed by atoms with Crippen LogP contribution in [0.5, 0.6) is 0 Å². The van der Waals surface area contributed by atoms with E-state index in [0.717, 1.165) is 25.7 Å². The normalized spacial score (nSPS) is 17.5. The number of nitrogens with one attached hydrogen (secondary N) is 1. The molecule has 94 valence electrons. The van der Waals surface area contributed by atoms with Crippen molar-refractivity contribution in [3.8, 4) is 0 Å². The summed E-state index contributed by atoms with van der Waals surface area (Å²) in [7, 11) is -3.47. The molecule has 1 aliphatic carbocycles. The molecule has 17 heavy (non-hydrogen) atoms. The molecule has 0 aromatic heterocycles. The molecule has 0 aliphatic heterocycles. The number of halogens is 1. The molecular formula is C11H15BrN2O2S. The summed E-state index contributed by atoms with van der Waals surface area (Å²) in [5.41, 5.74) is 6.06. The van der Waals surface area contributed by atoms with Gasteiger partial charge < -0.3 is 5.73 Å². The van der Waals surface area contributed by atoms with Crippen molar-refractivity contribution in [3.63, 3.8) is 0 Å². The molecule has 0 unspecified atom stereocenters. The molecule has 6 heteroatoms. The van der Waals surface area contributed by atoms with Crippen molar-refractivity contribution in [3.05, 3.63) is 22.7 Å². The van der Waals surface area contributed by atoms with E-state index in [-0.39, 0.29) is 10.9 Å². The second-order valence-corrected chi connectivity index (χ2v) is 6.83. The van der Waals surface area contributed by atoms with Crippen molar-refractivity contribution in [2.75, 3.05) is 5.73 Å². The Morgan fingerprint density at radius 1 is 1.29 bits per heavy atom. The van der Waals surface area contributed by atoms with E-state index in [2.05, 4.69) is 20.7 Å². The minimum Gasteiger partial charge on any atom is -0.399 e. The molecular weight excluding hydrogens is 304 g/mol. The average Bonchev–Trinajstić information content (AvgIpc) is 2.73. The van der Waals surface area contributed by atoms with Gasteiger partial charge in [0, 0.05) is 16.2 Å². The first kappa shape index (κ1) is 12.9. The summed E-state index contributed by atoms with van der Waals surface area (Å²) in [5.74, 6) is 0. The Kier molecular flexibility index (Phi) is 3.75. The number of nitrogen functional groups attached to an aromatic ring is 1. The Hall–Kier alpha value is -0.590. The van der Waals surface area contributed by atoms with Crippen LogP contribution in [-0.2, 0) is 10.0 Å². The van der Waals surface area contributed by atoms with E-state index >= 15 is 0 Å². The summed E-state index contributed by atoms with van der Waals surface area (Å²) in [6.07, 6.45) is 4.01. The lowest BCUT2D eigenvalue weighted by atomic mass is 10.3. The predicted molar refractivity (Wildman–Crippen MR) is 71.1 cm³/mol. The first-order chi connectivity index (χ1) is 7.99. The third-order valence-corrected chi connectivity index (χ3v) is 5.44. The van der Waals surface area contributed by atoms with Gasteiger partial charge in [0.1, 0.15) is 0 Å². The fourth-order valence-corrected chi connectivity index (χ4v) is 4.36. The molecule has 0 heterocycles. The second-order valence-electron chi connectivity index (χ2n) is 4.29. The highest BCUT2D eigenvalue weighted by atomic mass is 79.9. The number of benzene rings is 1. The Labute approximate surface area is 110 Å². The fraction of sp³-hybridized carbons (Fsp3) is 0.455. The van der Waals surface area contributed by atoms with Gasteiger partial charge in [-0.2, -0.15) is 0 Å². The van der Waals surface area contributed by atoms with Crippen LogP contribution in [-0.4, -0.2) is 14.5 Å². The van der Waals surface area contributed by atoms with E-state index in [4.69, 9.17) is 5.73 Å². The van der Waals surface area contributed by atoms with E-state index in [1.165, 1.54) is 6.07 Å². The van der Waals surface area contributed by atoms with Gasteiger partial charge in [0.25, 0.3) is 0 Å². The second kappa shape index (κ2) is 4.96. The third kappa shape index (κ3) is 3.00. The van der Waals surface area contributed by atoms with E-state index in [9.17, 15) is 8.42 Å². The molecule has 0 radical (unpaired) electrons. The molecule has 0 bridgehead atoms. The van der Waals surface area contributed by atoms with Crippen LogP contribution < -0.4 is 10.5 Å². The Morgan fingerprint density at radius 2 is 1.94 bits per heavy atom. The SMILES string of the molecule is Nc1ccc(Br)c(S(=O)(=O)NC2CCCC2)c1. The van der Waals surface area contributed by atoms with Crippen LogP contribution in [0.15, 0.2) is 27.6 Å². The van der Waals surface area contributed by atoms with Crippen LogP contribution in [0.1, 0.15) is 25.7 Å². The van der Waals surface area contributed by atoms with Crippen LogP contribution in [0.2, 0.25) is 0 Å². The van der Waals surface area contributed by atoms with Crippen LogP contribution >= 0.6 is 15.9 Å². The van der Waals surface area contributed by atoms with Crippen molar-refractivity contribution in [2.45, 2.75) is 36.6 Å². The highest BCUT2D eigenvalue weighted by Gasteiger charge is 2.24. The molecule has 3 N–H and O–H groups in total. The minimum atomic E-state index is -3.47. The number of sulfonamides is 1. The summed E-state index contributed by atoms with van der Waals surface area (Å²) in [6.45, 7) is 0. The van der Waals surface area contributed by atoms with Gasteiger partial charge in [0.2, 0.25) is 10.0 Å². The number of hydrogen-bond donors (Lipinski definition) is 2. The van der Waals surface area contributed by atoms with Crippen molar-refractivity contribution in [2.24, 2.45) is 0 Å². The van der Waals surface area contributed by atoms with Gasteiger partial charge in [0.15, 0.2) is 0 Å². The molecule has 4 nitrogen and oxygen atoms in total. The van der Waals surface area contributed by atoms with E-state index in [1.807, 2.05) is 0 Å². The van der Waals surface area contributed by atoms with Gasteiger partial charge in [0.05, 0.1) is 4.90 Å². The molecule has 1 fully saturated rings. The quantitative estimate of drug-likeness (QED) is 0.840. The zero-order chi connectivity index (χ0) is 12.5. The van der Waals surface area contributed by atoms with Gasteiger partial charge in [-0.25, -0.2) is 13.1 Å². The smallest absolute Gasteiger partial charge is 0.242 e. The topological polar surface area (TPSA) is 72.2 Å². The van der Waals surface area contributed by atoms with E-state index < -0.39 is 10.0 Å². The highest BCUT2D eigenvalue weighted by Crippen LogP contribution is 2.26. The lowest BCUT2D eigenvalue weighted by Gasteiger charge is -2.13. The molecule has 1 aromatic carbocycles. The first-order valence-corrected chi connectivity index (χ1v) is 7.84. The Morgan fingerprint density at radius 3 is 2.59 bits per heavy atom. The number of rotatable bonds is 3. The van der Waals surface area contributed by atoms with Gasteiger partial charge in [-0.05, 0) is 47.0 Å². The van der Waals surface area contributed by atoms with Crippen molar-refractivity contribution in [1.82, 2.24) is 4.72 Å². The Balaban J connectivity index is 2.27. The Bertz CT molecular complexity index is 510. The maximum atomic E-state index is 12.2. The first-order valence-electron chi connectivity index (χ1n) is 5.56. The molecule has 0 amide bonds. The van der Waals surface area contributed by atoms with Crippen molar-refractivity contribution >= 4 is 31.6 Å². The zero-order valence-electron chi connectivity index (χ0n) is 9.32. The third-order valence-electron chi connectivity index (χ3n) is 2.92. The van der Waals surface area contributed by atoms with Crippen LogP contribution in [0.25, 0.3) is 0 Å². The molecule has 1 aromatic rings. The molecule has 1 saturated carbocycles. The summed E-state index contributed by atoms with van der Waals surface area (Å²) in [6, 6.07) is 4.85. The van der Waals surface area contributed by atoms with E-state index in [1.54, 1.807) is 12.1 Å². The number of hydrogen-bond acceptors (Lipinski definition) is 3. The van der Waals surface area contributed by atoms with Gasteiger partial charge in [-0.15, -0.1) is 0 Å². The molecule has 0 atom stereocenters. The summed E-state index contributed by atoms with van der Waals surface area (Å²) in [4.78, 5) is 0.212. The summed E-state index contributed by atoms with van der Waals surface area (Å²) < 4.78 is 27.6.